The number of nitrogens with one attached hydrogen (secondary N) is 1. The fourth-order valence-corrected chi connectivity index (χ4v) is 5.84. The molecule has 5 heterocycles. The third-order valence-electron chi connectivity index (χ3n) is 7.28. The van der Waals surface area contributed by atoms with Gasteiger partial charge >= 0.3 is 0 Å². The van der Waals surface area contributed by atoms with Crippen molar-refractivity contribution in [1.29, 1.82) is 5.26 Å². The zero-order valence-electron chi connectivity index (χ0n) is 17.4. The van der Waals surface area contributed by atoms with Gasteiger partial charge in [-0.25, -0.2) is 9.97 Å². The van der Waals surface area contributed by atoms with Crippen LogP contribution in [0.25, 0.3) is 22.6 Å². The molecule has 2 unspecified atom stereocenters. The maximum atomic E-state index is 9.39. The van der Waals surface area contributed by atoms with Crippen molar-refractivity contribution < 1.29 is 0 Å². The Morgan fingerprint density at radius 1 is 1.20 bits per heavy atom. The molecule has 8 nitrogen and oxygen atoms in total. The van der Waals surface area contributed by atoms with Crippen molar-refractivity contribution in [2.45, 2.75) is 50.7 Å². The quantitative estimate of drug-likeness (QED) is 0.725. The van der Waals surface area contributed by atoms with Crippen LogP contribution in [0.4, 0.5) is 5.69 Å². The average Bonchev–Trinajstić information content (AvgIpc) is 3.40. The van der Waals surface area contributed by atoms with Crippen LogP contribution in [0.2, 0.25) is 0 Å². The van der Waals surface area contributed by atoms with Gasteiger partial charge in [-0.2, -0.15) is 10.4 Å². The number of aryl methyl sites for hydroxylation is 1. The molecule has 3 aliphatic rings. The molecule has 0 amide bonds. The van der Waals surface area contributed by atoms with Crippen LogP contribution in [0, 0.1) is 16.7 Å². The number of rotatable bonds is 3. The number of pyridine rings is 1. The second-order valence-corrected chi connectivity index (χ2v) is 9.49. The van der Waals surface area contributed by atoms with Crippen molar-refractivity contribution in [3.8, 4) is 17.5 Å². The van der Waals surface area contributed by atoms with E-state index in [0.29, 0.717) is 18.1 Å². The second kappa shape index (κ2) is 6.29. The largest absolute Gasteiger partial charge is 0.366 e. The Hall–Kier alpha value is -2.92. The first kappa shape index (κ1) is 17.9. The Morgan fingerprint density at radius 3 is 2.63 bits per heavy atom. The molecule has 3 aromatic heterocycles. The number of hydrogen-bond acceptors (Lipinski definition) is 6. The molecule has 1 N–H and O–H groups in total. The van der Waals surface area contributed by atoms with Crippen molar-refractivity contribution in [3.63, 3.8) is 0 Å². The molecule has 2 bridgehead atoms. The van der Waals surface area contributed by atoms with Gasteiger partial charge in [-0.3, -0.25) is 9.58 Å². The van der Waals surface area contributed by atoms with Crippen molar-refractivity contribution in [3.05, 3.63) is 24.7 Å². The summed E-state index contributed by atoms with van der Waals surface area (Å²) in [5.41, 5.74) is 3.78. The van der Waals surface area contributed by atoms with Gasteiger partial charge in [0.2, 0.25) is 0 Å². The lowest BCUT2D eigenvalue weighted by Crippen LogP contribution is -2.61. The van der Waals surface area contributed by atoms with Gasteiger partial charge in [0, 0.05) is 50.7 Å². The van der Waals surface area contributed by atoms with E-state index in [1.807, 2.05) is 25.6 Å². The fraction of sp³-hybridized carbons (Fsp3) is 0.545. The molecular formula is C22H26N8. The highest BCUT2D eigenvalue weighted by Crippen LogP contribution is 2.47. The molecule has 8 heteroatoms. The summed E-state index contributed by atoms with van der Waals surface area (Å²) in [7, 11) is 1.91. The van der Waals surface area contributed by atoms with Crippen LogP contribution in [0.15, 0.2) is 24.7 Å². The molecule has 2 atom stereocenters. The Kier molecular flexibility index (Phi) is 3.75. The van der Waals surface area contributed by atoms with Gasteiger partial charge in [0.05, 0.1) is 28.9 Å². The van der Waals surface area contributed by atoms with Crippen molar-refractivity contribution in [2.75, 3.05) is 18.0 Å². The highest BCUT2D eigenvalue weighted by molar-refractivity contribution is 5.88. The van der Waals surface area contributed by atoms with E-state index in [0.717, 1.165) is 48.5 Å². The van der Waals surface area contributed by atoms with Crippen LogP contribution < -0.4 is 4.90 Å². The molecule has 0 spiro atoms. The van der Waals surface area contributed by atoms with Gasteiger partial charge in [-0.05, 0) is 38.7 Å². The lowest BCUT2D eigenvalue weighted by molar-refractivity contribution is 0.00680. The Morgan fingerprint density at radius 2 is 1.97 bits per heavy atom. The molecule has 0 aromatic carbocycles. The Balaban J connectivity index is 1.27. The minimum atomic E-state index is -0.115. The molecule has 3 fully saturated rings. The van der Waals surface area contributed by atoms with Crippen molar-refractivity contribution in [2.24, 2.45) is 12.5 Å². The van der Waals surface area contributed by atoms with E-state index < -0.39 is 0 Å². The summed E-state index contributed by atoms with van der Waals surface area (Å²) in [4.78, 5) is 18.0. The highest BCUT2D eigenvalue weighted by Gasteiger charge is 2.51. The predicted octanol–water partition coefficient (Wildman–Crippen LogP) is 2.70. The third kappa shape index (κ3) is 2.65. The van der Waals surface area contributed by atoms with E-state index in [9.17, 15) is 5.26 Å². The van der Waals surface area contributed by atoms with E-state index in [-0.39, 0.29) is 5.41 Å². The van der Waals surface area contributed by atoms with Crippen LogP contribution in [0.1, 0.15) is 32.6 Å². The van der Waals surface area contributed by atoms with Gasteiger partial charge in [0.1, 0.15) is 11.3 Å². The van der Waals surface area contributed by atoms with Gasteiger partial charge < -0.3 is 9.88 Å². The maximum Gasteiger partial charge on any atom is 0.159 e. The summed E-state index contributed by atoms with van der Waals surface area (Å²) in [6.45, 7) is 4.14. The van der Waals surface area contributed by atoms with E-state index in [1.165, 1.54) is 18.5 Å². The van der Waals surface area contributed by atoms with Gasteiger partial charge in [-0.1, -0.05) is 0 Å². The first-order valence-electron chi connectivity index (χ1n) is 10.8. The summed E-state index contributed by atoms with van der Waals surface area (Å²) >= 11 is 0. The molecule has 154 valence electrons. The lowest BCUT2D eigenvalue weighted by atomic mass is 9.67. The van der Waals surface area contributed by atoms with E-state index in [4.69, 9.17) is 4.98 Å². The standard InChI is InChI=1S/C22H26N8/c1-22(13-23)7-17(8-22)30-15-3-4-16(30)12-29(11-15)18-5-6-24-21-19(18)26-20(27-21)14-9-25-28(2)10-14/h5-6,9-10,15-17H,3-4,7-8,11-12H2,1-2H3,(H,24,26,27)/t15?,16?,17-,22-. The SMILES string of the molecule is Cn1cc(-c2nc3c(N4CC5CCC(C4)N5[C@H]4C[C@](C)(C#N)C4)ccnc3[nH]2)cn1. The molecule has 1 aliphatic carbocycles. The number of H-pyrrole nitrogens is 1. The molecule has 30 heavy (non-hydrogen) atoms. The number of hydrogen-bond donors (Lipinski definition) is 1. The number of nitrogens with zero attached hydrogens (tertiary/aromatic N) is 7. The van der Waals surface area contributed by atoms with E-state index in [2.05, 4.69) is 43.9 Å². The first-order valence-corrected chi connectivity index (χ1v) is 10.8. The first-order chi connectivity index (χ1) is 14.5. The summed E-state index contributed by atoms with van der Waals surface area (Å²) in [5, 5.41) is 13.6. The second-order valence-electron chi connectivity index (χ2n) is 9.49. The van der Waals surface area contributed by atoms with Gasteiger partial charge in [0.25, 0.3) is 0 Å². The summed E-state index contributed by atoms with van der Waals surface area (Å²) in [6.07, 6.45) is 10.2. The number of anilines is 1. The van der Waals surface area contributed by atoms with E-state index >= 15 is 0 Å². The number of nitriles is 1. The minimum Gasteiger partial charge on any atom is -0.366 e. The molecular weight excluding hydrogens is 376 g/mol. The summed E-state index contributed by atoms with van der Waals surface area (Å²) in [6, 6.07) is 6.32. The number of fused-ring (bicyclic) bond motifs is 3. The summed E-state index contributed by atoms with van der Waals surface area (Å²) < 4.78 is 1.78. The average molecular weight is 403 g/mol. The Labute approximate surface area is 175 Å². The van der Waals surface area contributed by atoms with Crippen LogP contribution in [0.3, 0.4) is 0 Å². The van der Waals surface area contributed by atoms with E-state index in [1.54, 1.807) is 4.68 Å². The topological polar surface area (TPSA) is 89.7 Å². The number of aromatic amines is 1. The van der Waals surface area contributed by atoms with Crippen LogP contribution in [-0.4, -0.2) is 60.8 Å². The lowest BCUT2D eigenvalue weighted by Gasteiger charge is -2.52. The molecule has 2 aliphatic heterocycles. The number of imidazole rings is 1. The van der Waals surface area contributed by atoms with Crippen LogP contribution in [-0.2, 0) is 7.05 Å². The van der Waals surface area contributed by atoms with Crippen molar-refractivity contribution in [1.82, 2.24) is 29.6 Å². The maximum absolute atomic E-state index is 9.39. The normalized spacial score (nSPS) is 31.1. The molecule has 2 saturated heterocycles. The molecule has 3 aromatic rings. The molecule has 6 rings (SSSR count). The zero-order valence-corrected chi connectivity index (χ0v) is 17.4. The summed E-state index contributed by atoms with van der Waals surface area (Å²) in [5.74, 6) is 0.810. The smallest absolute Gasteiger partial charge is 0.159 e. The van der Waals surface area contributed by atoms with Gasteiger partial charge in [0.15, 0.2) is 5.65 Å². The van der Waals surface area contributed by atoms with Gasteiger partial charge in [-0.15, -0.1) is 0 Å². The monoisotopic (exact) mass is 402 g/mol. The molecule has 0 radical (unpaired) electrons. The van der Waals surface area contributed by atoms with Crippen LogP contribution >= 0.6 is 0 Å². The predicted molar refractivity (Wildman–Crippen MR) is 114 cm³/mol. The zero-order chi connectivity index (χ0) is 20.5. The fourth-order valence-electron chi connectivity index (χ4n) is 5.84. The minimum absolute atomic E-state index is 0.115. The highest BCUT2D eigenvalue weighted by atomic mass is 15.3. The number of aromatic nitrogens is 5. The van der Waals surface area contributed by atoms with Crippen molar-refractivity contribution >= 4 is 16.9 Å². The van der Waals surface area contributed by atoms with Crippen LogP contribution in [0.5, 0.6) is 0 Å². The third-order valence-corrected chi connectivity index (χ3v) is 7.28. The molecule has 1 saturated carbocycles. The number of piperazine rings is 1. The Bertz CT molecular complexity index is 1130.